The number of hydrogen-bond acceptors (Lipinski definition) is 4. The Hall–Kier alpha value is -0.430. The maximum absolute atomic E-state index is 12.2. The van der Waals surface area contributed by atoms with Gasteiger partial charge >= 0.3 is 0 Å². The Bertz CT molecular complexity index is 514. The molecule has 4 nitrogen and oxygen atoms in total. The van der Waals surface area contributed by atoms with E-state index in [2.05, 4.69) is 0 Å². The monoisotopic (exact) mass is 274 g/mol. The van der Waals surface area contributed by atoms with Crippen molar-refractivity contribution in [2.45, 2.75) is 38.3 Å². The van der Waals surface area contributed by atoms with E-state index in [0.29, 0.717) is 18.0 Å². The van der Waals surface area contributed by atoms with E-state index >= 15 is 0 Å². The van der Waals surface area contributed by atoms with Gasteiger partial charge in [0.15, 0.2) is 0 Å². The van der Waals surface area contributed by atoms with Gasteiger partial charge in [-0.25, -0.2) is 8.42 Å². The van der Waals surface area contributed by atoms with Crippen molar-refractivity contribution in [1.82, 2.24) is 4.31 Å². The molecule has 1 atom stereocenters. The number of nitrogens with two attached hydrogens (primary N) is 1. The Labute approximate surface area is 106 Å². The second kappa shape index (κ2) is 4.05. The van der Waals surface area contributed by atoms with E-state index in [1.54, 1.807) is 6.07 Å². The van der Waals surface area contributed by atoms with Crippen LogP contribution in [0.5, 0.6) is 0 Å². The van der Waals surface area contributed by atoms with Crippen molar-refractivity contribution in [3.05, 3.63) is 16.3 Å². The van der Waals surface area contributed by atoms with Crippen LogP contribution in [0.1, 0.15) is 25.6 Å². The normalized spacial score (nSPS) is 21.4. The molecule has 0 bridgehead atoms. The molecule has 17 heavy (non-hydrogen) atoms. The van der Waals surface area contributed by atoms with Gasteiger partial charge in [-0.05, 0) is 16.9 Å². The third kappa shape index (κ3) is 2.27. The van der Waals surface area contributed by atoms with Crippen LogP contribution in [0.4, 0.5) is 0 Å². The summed E-state index contributed by atoms with van der Waals surface area (Å²) in [4.78, 5) is 1.38. The molecule has 0 saturated carbocycles. The zero-order chi connectivity index (χ0) is 12.8. The molecule has 1 aromatic rings. The number of thiophene rings is 1. The van der Waals surface area contributed by atoms with Gasteiger partial charge < -0.3 is 5.73 Å². The molecule has 6 heteroatoms. The fraction of sp³-hybridized carbons (Fsp3) is 0.636. The van der Waals surface area contributed by atoms with Crippen molar-refractivity contribution in [3.63, 3.8) is 0 Å². The van der Waals surface area contributed by atoms with Gasteiger partial charge in [-0.2, -0.15) is 4.31 Å². The summed E-state index contributed by atoms with van der Waals surface area (Å²) in [5.74, 6) is 0. The Kier molecular flexibility index (Phi) is 3.10. The van der Waals surface area contributed by atoms with Gasteiger partial charge in [-0.15, -0.1) is 11.3 Å². The Balaban J connectivity index is 2.20. The SMILES string of the molecule is CC(C)(C)[C@H](N)CN1Cc2sccc2S1(=O)=O. The van der Waals surface area contributed by atoms with Gasteiger partial charge in [0.05, 0.1) is 4.90 Å². The molecule has 2 N–H and O–H groups in total. The van der Waals surface area contributed by atoms with Crippen LogP contribution in [0.2, 0.25) is 0 Å². The quantitative estimate of drug-likeness (QED) is 0.891. The summed E-state index contributed by atoms with van der Waals surface area (Å²) < 4.78 is 25.9. The van der Waals surface area contributed by atoms with Gasteiger partial charge in [-0.3, -0.25) is 0 Å². The molecule has 1 aliphatic rings. The van der Waals surface area contributed by atoms with E-state index in [0.717, 1.165) is 4.88 Å². The molecule has 96 valence electrons. The predicted molar refractivity (Wildman–Crippen MR) is 69.3 cm³/mol. The molecule has 0 radical (unpaired) electrons. The standard InChI is InChI=1S/C11H18N2O2S2/c1-11(2,3)10(12)7-13-6-8-9(4-5-16-8)17(13,14)15/h4-5,10H,6-7,12H2,1-3H3/t10-/m1/s1. The number of rotatable bonds is 2. The zero-order valence-corrected chi connectivity index (χ0v) is 11.9. The minimum absolute atomic E-state index is 0.0917. The van der Waals surface area contributed by atoms with E-state index in [4.69, 9.17) is 5.73 Å². The lowest BCUT2D eigenvalue weighted by molar-refractivity contribution is 0.266. The average Bonchev–Trinajstić information content (AvgIpc) is 2.70. The van der Waals surface area contributed by atoms with Gasteiger partial charge in [-0.1, -0.05) is 20.8 Å². The highest BCUT2D eigenvalue weighted by atomic mass is 32.2. The molecule has 0 saturated heterocycles. The van der Waals surface area contributed by atoms with Gasteiger partial charge in [0.25, 0.3) is 0 Å². The summed E-state index contributed by atoms with van der Waals surface area (Å²) in [6, 6.07) is 1.52. The third-order valence-electron chi connectivity index (χ3n) is 3.16. The first kappa shape index (κ1) is 13.0. The first-order valence-corrected chi connectivity index (χ1v) is 7.87. The molecule has 0 fully saturated rings. The fourth-order valence-corrected chi connectivity index (χ4v) is 4.65. The van der Waals surface area contributed by atoms with Crippen LogP contribution in [-0.4, -0.2) is 25.3 Å². The maximum Gasteiger partial charge on any atom is 0.244 e. The van der Waals surface area contributed by atoms with E-state index in [1.807, 2.05) is 26.2 Å². The molecule has 0 spiro atoms. The number of nitrogens with zero attached hydrogens (tertiary/aromatic N) is 1. The number of sulfonamides is 1. The van der Waals surface area contributed by atoms with Crippen molar-refractivity contribution in [2.75, 3.05) is 6.54 Å². The molecule has 2 rings (SSSR count). The Morgan fingerprint density at radius 1 is 1.53 bits per heavy atom. The number of fused-ring (bicyclic) bond motifs is 1. The van der Waals surface area contributed by atoms with Crippen molar-refractivity contribution in [3.8, 4) is 0 Å². The summed E-state index contributed by atoms with van der Waals surface area (Å²) in [6.07, 6.45) is 0. The smallest absolute Gasteiger partial charge is 0.244 e. The van der Waals surface area contributed by atoms with Crippen LogP contribution in [-0.2, 0) is 16.6 Å². The molecule has 0 amide bonds. The van der Waals surface area contributed by atoms with Gasteiger partial charge in [0.2, 0.25) is 10.0 Å². The topological polar surface area (TPSA) is 63.4 Å². The highest BCUT2D eigenvalue weighted by Gasteiger charge is 2.37. The maximum atomic E-state index is 12.2. The highest BCUT2D eigenvalue weighted by molar-refractivity contribution is 7.89. The van der Waals surface area contributed by atoms with Crippen molar-refractivity contribution >= 4 is 21.4 Å². The molecular weight excluding hydrogens is 256 g/mol. The summed E-state index contributed by atoms with van der Waals surface area (Å²) in [6.45, 7) is 6.93. The summed E-state index contributed by atoms with van der Waals surface area (Å²) in [5.41, 5.74) is 5.96. The molecule has 0 aliphatic carbocycles. The minimum Gasteiger partial charge on any atom is -0.326 e. The number of hydrogen-bond donors (Lipinski definition) is 1. The fourth-order valence-electron chi connectivity index (χ4n) is 1.71. The minimum atomic E-state index is -3.29. The molecule has 1 aliphatic heterocycles. The predicted octanol–water partition coefficient (Wildman–Crippen LogP) is 1.63. The van der Waals surface area contributed by atoms with E-state index < -0.39 is 10.0 Å². The third-order valence-corrected chi connectivity index (χ3v) is 6.09. The lowest BCUT2D eigenvalue weighted by Crippen LogP contribution is -2.45. The van der Waals surface area contributed by atoms with Crippen LogP contribution in [0, 0.1) is 5.41 Å². The second-order valence-corrected chi connectivity index (χ2v) is 8.39. The summed E-state index contributed by atoms with van der Waals surface area (Å²) in [5, 5.41) is 1.82. The van der Waals surface area contributed by atoms with Gasteiger partial charge in [0, 0.05) is 24.0 Å². The molecule has 1 aromatic heterocycles. The van der Waals surface area contributed by atoms with E-state index in [9.17, 15) is 8.42 Å². The lowest BCUT2D eigenvalue weighted by Gasteiger charge is -2.30. The van der Waals surface area contributed by atoms with Crippen LogP contribution in [0.25, 0.3) is 0 Å². The largest absolute Gasteiger partial charge is 0.326 e. The molecule has 0 aromatic carbocycles. The van der Waals surface area contributed by atoms with Crippen molar-refractivity contribution in [1.29, 1.82) is 0 Å². The highest BCUT2D eigenvalue weighted by Crippen LogP contribution is 2.34. The molecule has 0 unspecified atom stereocenters. The van der Waals surface area contributed by atoms with Crippen molar-refractivity contribution < 1.29 is 8.42 Å². The summed E-state index contributed by atoms with van der Waals surface area (Å²) in [7, 11) is -3.29. The van der Waals surface area contributed by atoms with Crippen LogP contribution >= 0.6 is 11.3 Å². The van der Waals surface area contributed by atoms with Crippen molar-refractivity contribution in [2.24, 2.45) is 11.1 Å². The zero-order valence-electron chi connectivity index (χ0n) is 10.3. The van der Waals surface area contributed by atoms with E-state index in [-0.39, 0.29) is 11.5 Å². The first-order chi connectivity index (χ1) is 7.73. The molecule has 2 heterocycles. The van der Waals surface area contributed by atoms with Crippen LogP contribution in [0.15, 0.2) is 16.3 Å². The van der Waals surface area contributed by atoms with Crippen LogP contribution < -0.4 is 5.73 Å². The Morgan fingerprint density at radius 2 is 2.18 bits per heavy atom. The molecular formula is C11H18N2O2S2. The Morgan fingerprint density at radius 3 is 2.71 bits per heavy atom. The van der Waals surface area contributed by atoms with E-state index in [1.165, 1.54) is 15.6 Å². The summed E-state index contributed by atoms with van der Waals surface area (Å²) >= 11 is 1.49. The second-order valence-electron chi connectivity index (χ2n) is 5.48. The van der Waals surface area contributed by atoms with Gasteiger partial charge in [0.1, 0.15) is 0 Å². The van der Waals surface area contributed by atoms with Crippen LogP contribution in [0.3, 0.4) is 0 Å². The lowest BCUT2D eigenvalue weighted by atomic mass is 9.87. The first-order valence-electron chi connectivity index (χ1n) is 5.55. The average molecular weight is 274 g/mol.